The first-order chi connectivity index (χ1) is 24.6. The monoisotopic (exact) mass is 723 g/mol. The molecule has 0 aliphatic carbocycles. The van der Waals surface area contributed by atoms with Crippen molar-refractivity contribution in [3.05, 3.63) is 71.2 Å². The molecule has 5 N–H and O–H groups in total. The first kappa shape index (κ1) is 43.6. The van der Waals surface area contributed by atoms with Crippen molar-refractivity contribution in [1.82, 2.24) is 31.5 Å². The van der Waals surface area contributed by atoms with E-state index in [4.69, 9.17) is 0 Å². The minimum atomic E-state index is -0.921. The summed E-state index contributed by atoms with van der Waals surface area (Å²) in [6, 6.07) is 8.99. The first-order valence-corrected chi connectivity index (χ1v) is 18.5. The topological polar surface area (TPSA) is 176 Å². The lowest BCUT2D eigenvalue weighted by Crippen LogP contribution is -2.58. The van der Waals surface area contributed by atoms with Gasteiger partial charge in [0.25, 0.3) is 5.91 Å². The molecule has 2 aromatic rings. The fourth-order valence-corrected chi connectivity index (χ4v) is 5.86. The molecule has 6 atom stereocenters. The fourth-order valence-electron chi connectivity index (χ4n) is 5.86. The maximum atomic E-state index is 14.2. The van der Waals surface area contributed by atoms with Crippen molar-refractivity contribution in [2.75, 3.05) is 20.1 Å². The summed E-state index contributed by atoms with van der Waals surface area (Å²) in [5.74, 6) is -1.96. The molecule has 0 radical (unpaired) electrons. The van der Waals surface area contributed by atoms with Gasteiger partial charge in [0, 0.05) is 38.3 Å². The Labute approximate surface area is 309 Å². The van der Waals surface area contributed by atoms with Gasteiger partial charge in [0.1, 0.15) is 18.1 Å². The van der Waals surface area contributed by atoms with Gasteiger partial charge in [-0.1, -0.05) is 78.3 Å². The minimum absolute atomic E-state index is 0.110. The molecule has 288 valence electrons. The van der Waals surface area contributed by atoms with Crippen LogP contribution in [0, 0.1) is 23.0 Å². The van der Waals surface area contributed by atoms with Crippen LogP contribution in [0.4, 0.5) is 0 Å². The molecule has 5 amide bonds. The van der Waals surface area contributed by atoms with Crippen LogP contribution in [-0.2, 0) is 25.6 Å². The van der Waals surface area contributed by atoms with E-state index in [-0.39, 0.29) is 53.6 Å². The number of benzene rings is 1. The average Bonchev–Trinajstić information content (AvgIpc) is 3.11. The Morgan fingerprint density at radius 3 is 2.00 bits per heavy atom. The van der Waals surface area contributed by atoms with Gasteiger partial charge in [-0.2, -0.15) is 4.73 Å². The van der Waals surface area contributed by atoms with Gasteiger partial charge in [-0.3, -0.25) is 24.0 Å². The Morgan fingerprint density at radius 2 is 1.44 bits per heavy atom. The number of amides is 5. The highest BCUT2D eigenvalue weighted by Crippen LogP contribution is 2.17. The number of aryl methyl sites for hydroxylation is 1. The third-order valence-electron chi connectivity index (χ3n) is 9.26. The number of aromatic nitrogens is 1. The first-order valence-electron chi connectivity index (χ1n) is 18.5. The van der Waals surface area contributed by atoms with Crippen LogP contribution in [0.15, 0.2) is 54.9 Å². The van der Waals surface area contributed by atoms with E-state index in [1.165, 1.54) is 29.4 Å². The number of carbonyl (C=O) groups excluding carboxylic acids is 5. The Kier molecular flexibility index (Phi) is 18.3. The van der Waals surface area contributed by atoms with Crippen LogP contribution < -0.4 is 31.3 Å². The van der Waals surface area contributed by atoms with Crippen molar-refractivity contribution in [3.63, 3.8) is 0 Å². The number of carbonyl (C=O) groups is 5. The van der Waals surface area contributed by atoms with Crippen LogP contribution in [0.5, 0.6) is 0 Å². The molecule has 2 rings (SSSR count). The van der Waals surface area contributed by atoms with Crippen molar-refractivity contribution >= 4 is 29.5 Å². The molecule has 1 aromatic carbocycles. The van der Waals surface area contributed by atoms with E-state index in [0.717, 1.165) is 5.56 Å². The number of pyridine rings is 1. The lowest BCUT2D eigenvalue weighted by atomic mass is 9.95. The molecular formula is C39H61N7O6. The largest absolute Gasteiger partial charge is 0.619 e. The van der Waals surface area contributed by atoms with E-state index in [2.05, 4.69) is 26.6 Å². The summed E-state index contributed by atoms with van der Waals surface area (Å²) in [6.07, 6.45) is 4.50. The summed E-state index contributed by atoms with van der Waals surface area (Å²) in [5.41, 5.74) is 1.25. The number of nitrogens with zero attached hydrogens (tertiary/aromatic N) is 2. The predicted octanol–water partition coefficient (Wildman–Crippen LogP) is 2.71. The molecule has 0 saturated heterocycles. The molecule has 13 nitrogen and oxygen atoms in total. The second-order valence-corrected chi connectivity index (χ2v) is 14.4. The maximum Gasteiger partial charge on any atom is 0.252 e. The Balaban J connectivity index is 2.29. The van der Waals surface area contributed by atoms with Crippen LogP contribution >= 0.6 is 0 Å². The van der Waals surface area contributed by atoms with E-state index in [1.54, 1.807) is 14.0 Å². The standard InChI is InChI=1S/C39H61N7O6/c1-10-27(7)34(44-36(48)30-19-21-46(52)22-20-30)39(51)45(9)32(18-17-29-15-13-12-14-16-29)37(49)42-31(23-25(3)4)24-41-28(8)35(47)43-33(26(5)6)38(50)40-11-2/h12-16,19-22,25-28,31-34,41H,10-11,17-18,23-24H2,1-9H3,(H,40,50)(H,42,49)(H,43,47)(H,44,48)/t27-,28-,31-,32-,33-,34-/m0/s1. The van der Waals surface area contributed by atoms with Crippen molar-refractivity contribution in [2.24, 2.45) is 17.8 Å². The van der Waals surface area contributed by atoms with Crippen molar-refractivity contribution in [1.29, 1.82) is 0 Å². The molecule has 0 aliphatic heterocycles. The zero-order valence-corrected chi connectivity index (χ0v) is 32.4. The number of nitrogens with one attached hydrogen (secondary N) is 5. The summed E-state index contributed by atoms with van der Waals surface area (Å²) < 4.78 is 0.575. The Hall–Kier alpha value is -4.52. The molecule has 1 heterocycles. The predicted molar refractivity (Wildman–Crippen MR) is 202 cm³/mol. The van der Waals surface area contributed by atoms with Gasteiger partial charge in [-0.15, -0.1) is 0 Å². The molecule has 0 saturated carbocycles. The maximum absolute atomic E-state index is 14.2. The zero-order chi connectivity index (χ0) is 39.0. The molecule has 13 heteroatoms. The Morgan fingerprint density at radius 1 is 0.808 bits per heavy atom. The third-order valence-corrected chi connectivity index (χ3v) is 9.26. The van der Waals surface area contributed by atoms with Gasteiger partial charge in [0.2, 0.25) is 23.6 Å². The highest BCUT2D eigenvalue weighted by atomic mass is 16.5. The molecular weight excluding hydrogens is 662 g/mol. The zero-order valence-electron chi connectivity index (χ0n) is 32.4. The van der Waals surface area contributed by atoms with Gasteiger partial charge < -0.3 is 36.7 Å². The number of rotatable bonds is 21. The summed E-state index contributed by atoms with van der Waals surface area (Å²) in [6.45, 7) is 15.9. The van der Waals surface area contributed by atoms with E-state index in [9.17, 15) is 29.2 Å². The quantitative estimate of drug-likeness (QED) is 0.0972. The van der Waals surface area contributed by atoms with Crippen molar-refractivity contribution in [2.45, 2.75) is 111 Å². The molecule has 1 aromatic heterocycles. The molecule has 0 spiro atoms. The second kappa shape index (κ2) is 21.8. The number of likely N-dealkylation sites (N-methyl/N-ethyl adjacent to an activating group) is 2. The molecule has 0 fully saturated rings. The van der Waals surface area contributed by atoms with Gasteiger partial charge in [0.05, 0.1) is 11.6 Å². The van der Waals surface area contributed by atoms with Gasteiger partial charge in [-0.25, -0.2) is 0 Å². The highest BCUT2D eigenvalue weighted by molar-refractivity contribution is 5.98. The summed E-state index contributed by atoms with van der Waals surface area (Å²) >= 11 is 0. The van der Waals surface area contributed by atoms with Crippen LogP contribution in [0.25, 0.3) is 0 Å². The van der Waals surface area contributed by atoms with Crippen LogP contribution in [0.1, 0.15) is 90.6 Å². The van der Waals surface area contributed by atoms with E-state index in [1.807, 2.05) is 78.8 Å². The molecule has 0 aliphatic rings. The third kappa shape index (κ3) is 13.9. The van der Waals surface area contributed by atoms with E-state index in [0.29, 0.717) is 37.0 Å². The summed E-state index contributed by atoms with van der Waals surface area (Å²) in [7, 11) is 1.59. The molecule has 52 heavy (non-hydrogen) atoms. The minimum Gasteiger partial charge on any atom is -0.619 e. The lowest BCUT2D eigenvalue weighted by molar-refractivity contribution is -0.605. The van der Waals surface area contributed by atoms with E-state index >= 15 is 0 Å². The smallest absolute Gasteiger partial charge is 0.252 e. The van der Waals surface area contributed by atoms with E-state index < -0.39 is 36.0 Å². The van der Waals surface area contributed by atoms with Crippen LogP contribution in [0.3, 0.4) is 0 Å². The lowest BCUT2D eigenvalue weighted by Gasteiger charge is -2.34. The number of hydrogen-bond donors (Lipinski definition) is 5. The van der Waals surface area contributed by atoms with Gasteiger partial charge in [0.15, 0.2) is 12.4 Å². The second-order valence-electron chi connectivity index (χ2n) is 14.4. The Bertz CT molecular complexity index is 1440. The van der Waals surface area contributed by atoms with Crippen molar-refractivity contribution in [3.8, 4) is 0 Å². The normalized spacial score (nSPS) is 14.8. The SMILES string of the molecule is CCNC(=O)[C@@H](NC(=O)[C@H](C)NC[C@H](CC(C)C)NC(=O)[C@H](CCc1ccccc1)N(C)C(=O)[C@@H](NC(=O)c1cc[n+]([O-])cc1)[C@@H](C)CC)C(C)C. The molecule has 0 unspecified atom stereocenters. The average molecular weight is 724 g/mol. The van der Waals surface area contributed by atoms with Crippen molar-refractivity contribution < 1.29 is 28.7 Å². The van der Waals surface area contributed by atoms with Gasteiger partial charge in [-0.05, 0) is 56.4 Å². The van der Waals surface area contributed by atoms with Crippen LogP contribution in [-0.4, -0.2) is 84.8 Å². The van der Waals surface area contributed by atoms with Crippen LogP contribution in [0.2, 0.25) is 0 Å². The summed E-state index contributed by atoms with van der Waals surface area (Å²) in [4.78, 5) is 68.6. The summed E-state index contributed by atoms with van der Waals surface area (Å²) in [5, 5.41) is 26.4. The van der Waals surface area contributed by atoms with Gasteiger partial charge >= 0.3 is 0 Å². The fraction of sp³-hybridized carbons (Fsp3) is 0.590. The number of hydrogen-bond acceptors (Lipinski definition) is 7. The molecule has 0 bridgehead atoms. The highest BCUT2D eigenvalue weighted by Gasteiger charge is 2.35.